The van der Waals surface area contributed by atoms with E-state index in [0.717, 1.165) is 12.8 Å². The van der Waals surface area contributed by atoms with Gasteiger partial charge in [-0.05, 0) is 18.4 Å². The van der Waals surface area contributed by atoms with Crippen molar-refractivity contribution in [3.05, 3.63) is 36.0 Å². The number of esters is 1. The van der Waals surface area contributed by atoms with Crippen molar-refractivity contribution < 1.29 is 9.53 Å². The minimum absolute atomic E-state index is 0.0976. The molecule has 0 radical (unpaired) electrons. The van der Waals surface area contributed by atoms with E-state index in [2.05, 4.69) is 32.9 Å². The molecule has 0 saturated heterocycles. The van der Waals surface area contributed by atoms with Gasteiger partial charge in [0.05, 0.1) is 0 Å². The summed E-state index contributed by atoms with van der Waals surface area (Å²) < 4.78 is 5.15. The van der Waals surface area contributed by atoms with Crippen LogP contribution in [0.25, 0.3) is 0 Å². The number of rotatable bonds is 4. The van der Waals surface area contributed by atoms with E-state index in [-0.39, 0.29) is 12.1 Å². The number of hydrogen-bond acceptors (Lipinski definition) is 2. The highest BCUT2D eigenvalue weighted by molar-refractivity contribution is 5.82. The van der Waals surface area contributed by atoms with E-state index < -0.39 is 0 Å². The van der Waals surface area contributed by atoms with Crippen LogP contribution in [-0.2, 0) is 9.53 Å². The van der Waals surface area contributed by atoms with Crippen molar-refractivity contribution in [2.75, 3.05) is 0 Å². The topological polar surface area (TPSA) is 26.3 Å². The Morgan fingerprint density at radius 1 is 1.62 bits per heavy atom. The molecule has 16 heavy (non-hydrogen) atoms. The Hall–Kier alpha value is -1.31. The SMILES string of the molecule is CCC(=C/C(C)C)/C=C/[C@H]1CC=CC(=O)O1. The Morgan fingerprint density at radius 2 is 2.38 bits per heavy atom. The summed E-state index contributed by atoms with van der Waals surface area (Å²) in [6.45, 7) is 6.45. The molecule has 0 fully saturated rings. The number of allylic oxidation sites excluding steroid dienone is 3. The number of cyclic esters (lactones) is 1. The fraction of sp³-hybridized carbons (Fsp3) is 0.500. The summed E-state index contributed by atoms with van der Waals surface area (Å²) in [4.78, 5) is 11.0. The average molecular weight is 220 g/mol. The Balaban J connectivity index is 2.58. The maximum absolute atomic E-state index is 11.0. The molecule has 2 nitrogen and oxygen atoms in total. The predicted octanol–water partition coefficient (Wildman–Crippen LogP) is 3.41. The molecule has 1 heterocycles. The maximum Gasteiger partial charge on any atom is 0.331 e. The zero-order chi connectivity index (χ0) is 12.0. The molecule has 1 aliphatic rings. The molecular weight excluding hydrogens is 200 g/mol. The Kier molecular flexibility index (Phi) is 5.03. The zero-order valence-corrected chi connectivity index (χ0v) is 10.3. The molecule has 2 heteroatoms. The normalized spacial score (nSPS) is 21.9. The number of ether oxygens (including phenoxy) is 1. The van der Waals surface area contributed by atoms with Crippen LogP contribution >= 0.6 is 0 Å². The van der Waals surface area contributed by atoms with Crippen LogP contribution in [0.15, 0.2) is 36.0 Å². The summed E-state index contributed by atoms with van der Waals surface area (Å²) in [5, 5.41) is 0. The highest BCUT2D eigenvalue weighted by atomic mass is 16.5. The summed E-state index contributed by atoms with van der Waals surface area (Å²) in [6, 6.07) is 0. The molecule has 0 aromatic heterocycles. The fourth-order valence-electron chi connectivity index (χ4n) is 1.60. The molecule has 88 valence electrons. The lowest BCUT2D eigenvalue weighted by Gasteiger charge is -2.14. The molecule has 0 aromatic carbocycles. The van der Waals surface area contributed by atoms with E-state index in [0.29, 0.717) is 5.92 Å². The molecule has 0 N–H and O–H groups in total. The number of hydrogen-bond donors (Lipinski definition) is 0. The van der Waals surface area contributed by atoms with Crippen LogP contribution in [0, 0.1) is 5.92 Å². The van der Waals surface area contributed by atoms with Gasteiger partial charge in [0, 0.05) is 12.5 Å². The maximum atomic E-state index is 11.0. The van der Waals surface area contributed by atoms with Crippen LogP contribution in [0.5, 0.6) is 0 Å². The Morgan fingerprint density at radius 3 is 2.94 bits per heavy atom. The van der Waals surface area contributed by atoms with Gasteiger partial charge in [-0.2, -0.15) is 0 Å². The van der Waals surface area contributed by atoms with Crippen molar-refractivity contribution >= 4 is 5.97 Å². The molecule has 0 spiro atoms. The van der Waals surface area contributed by atoms with Crippen molar-refractivity contribution in [1.29, 1.82) is 0 Å². The quantitative estimate of drug-likeness (QED) is 0.536. The molecule has 0 amide bonds. The first-order chi connectivity index (χ1) is 7.61. The Labute approximate surface area is 97.7 Å². The van der Waals surface area contributed by atoms with Gasteiger partial charge in [0.2, 0.25) is 0 Å². The summed E-state index contributed by atoms with van der Waals surface area (Å²) in [5.74, 6) is 0.306. The van der Waals surface area contributed by atoms with E-state index >= 15 is 0 Å². The number of carbonyl (C=O) groups excluding carboxylic acids is 1. The van der Waals surface area contributed by atoms with Crippen LogP contribution < -0.4 is 0 Å². The lowest BCUT2D eigenvalue weighted by molar-refractivity contribution is -0.141. The molecule has 0 bridgehead atoms. The van der Waals surface area contributed by atoms with Gasteiger partial charge in [-0.3, -0.25) is 0 Å². The van der Waals surface area contributed by atoms with E-state index in [9.17, 15) is 4.79 Å². The van der Waals surface area contributed by atoms with E-state index in [1.807, 2.05) is 12.2 Å². The number of carbonyl (C=O) groups is 1. The van der Waals surface area contributed by atoms with Crippen molar-refractivity contribution in [3.8, 4) is 0 Å². The first kappa shape index (κ1) is 12.8. The van der Waals surface area contributed by atoms with Crippen molar-refractivity contribution in [1.82, 2.24) is 0 Å². The lowest BCUT2D eigenvalue weighted by Crippen LogP contribution is -2.17. The van der Waals surface area contributed by atoms with Crippen molar-refractivity contribution in [2.45, 2.75) is 39.7 Å². The highest BCUT2D eigenvalue weighted by Gasteiger charge is 2.12. The van der Waals surface area contributed by atoms with Crippen molar-refractivity contribution in [2.24, 2.45) is 5.92 Å². The summed E-state index contributed by atoms with van der Waals surface area (Å²) in [5.41, 5.74) is 1.29. The average Bonchev–Trinajstić information content (AvgIpc) is 2.24. The van der Waals surface area contributed by atoms with Crippen LogP contribution in [0.1, 0.15) is 33.6 Å². The van der Waals surface area contributed by atoms with Gasteiger partial charge in [0.15, 0.2) is 0 Å². The first-order valence-corrected chi connectivity index (χ1v) is 5.88. The smallest absolute Gasteiger partial charge is 0.331 e. The summed E-state index contributed by atoms with van der Waals surface area (Å²) in [6.07, 6.45) is 11.3. The third-order valence-electron chi connectivity index (χ3n) is 2.37. The summed E-state index contributed by atoms with van der Waals surface area (Å²) >= 11 is 0. The first-order valence-electron chi connectivity index (χ1n) is 5.88. The largest absolute Gasteiger partial charge is 0.455 e. The molecule has 0 aliphatic carbocycles. The second-order valence-corrected chi connectivity index (χ2v) is 4.31. The summed E-state index contributed by atoms with van der Waals surface area (Å²) in [7, 11) is 0. The van der Waals surface area contributed by atoms with Gasteiger partial charge in [-0.15, -0.1) is 0 Å². The van der Waals surface area contributed by atoms with Crippen LogP contribution in [0.3, 0.4) is 0 Å². The minimum Gasteiger partial charge on any atom is -0.455 e. The monoisotopic (exact) mass is 220 g/mol. The van der Waals surface area contributed by atoms with Gasteiger partial charge < -0.3 is 4.74 Å². The van der Waals surface area contributed by atoms with E-state index in [4.69, 9.17) is 4.74 Å². The van der Waals surface area contributed by atoms with Gasteiger partial charge in [0.1, 0.15) is 6.10 Å². The molecular formula is C14H20O2. The minimum atomic E-state index is -0.244. The van der Waals surface area contributed by atoms with Crippen LogP contribution in [0.4, 0.5) is 0 Å². The van der Waals surface area contributed by atoms with Crippen molar-refractivity contribution in [3.63, 3.8) is 0 Å². The third-order valence-corrected chi connectivity index (χ3v) is 2.37. The van der Waals surface area contributed by atoms with Gasteiger partial charge in [-0.25, -0.2) is 4.79 Å². The van der Waals surface area contributed by atoms with Crippen LogP contribution in [-0.4, -0.2) is 12.1 Å². The molecule has 1 atom stereocenters. The molecule has 0 aromatic rings. The van der Waals surface area contributed by atoms with E-state index in [1.54, 1.807) is 0 Å². The van der Waals surface area contributed by atoms with Gasteiger partial charge >= 0.3 is 5.97 Å². The standard InChI is InChI=1S/C14H20O2/c1-4-12(10-11(2)3)8-9-13-6-5-7-14(15)16-13/h5,7-11,13H,4,6H2,1-3H3/b9-8+,12-10-/t13-/m1/s1. The molecule has 1 rings (SSSR count). The molecule has 1 aliphatic heterocycles. The molecule has 0 saturated carbocycles. The van der Waals surface area contributed by atoms with Gasteiger partial charge in [-0.1, -0.05) is 44.6 Å². The third kappa shape index (κ3) is 4.47. The predicted molar refractivity (Wildman–Crippen MR) is 66.0 cm³/mol. The Bertz CT molecular complexity index is 322. The molecule has 0 unspecified atom stereocenters. The highest BCUT2D eigenvalue weighted by Crippen LogP contribution is 2.13. The van der Waals surface area contributed by atoms with E-state index in [1.165, 1.54) is 11.6 Å². The lowest BCUT2D eigenvalue weighted by atomic mass is 10.1. The van der Waals surface area contributed by atoms with Gasteiger partial charge in [0.25, 0.3) is 0 Å². The second kappa shape index (κ2) is 6.31. The fourth-order valence-corrected chi connectivity index (χ4v) is 1.60. The van der Waals surface area contributed by atoms with Crippen LogP contribution in [0.2, 0.25) is 0 Å². The zero-order valence-electron chi connectivity index (χ0n) is 10.3. The second-order valence-electron chi connectivity index (χ2n) is 4.31.